The Hall–Kier alpha value is -7.32. The molecule has 0 aliphatic heterocycles. The smallest absolute Gasteiger partial charge is 0.0808 e. The van der Waals surface area contributed by atoms with Gasteiger partial charge in [-0.2, -0.15) is 0 Å². The van der Waals surface area contributed by atoms with Gasteiger partial charge >= 0.3 is 0 Å². The number of hydrogen-bond acceptors (Lipinski definition) is 0. The molecule has 0 bridgehead atoms. The summed E-state index contributed by atoms with van der Waals surface area (Å²) in [4.78, 5) is 0. The normalized spacial score (nSPS) is 18.9. The van der Waals surface area contributed by atoms with Gasteiger partial charge < -0.3 is 0 Å². The van der Waals surface area contributed by atoms with Crippen LogP contribution in [0.2, 0.25) is 5.54 Å². The average molecular weight is 973 g/mol. The second-order valence-electron chi connectivity index (χ2n) is 22.0. The van der Waals surface area contributed by atoms with Crippen molar-refractivity contribution in [3.63, 3.8) is 0 Å². The first-order valence-corrected chi connectivity index (χ1v) is 29.7. The average Bonchev–Trinajstić information content (AvgIpc) is 3.83. The third-order valence-corrected chi connectivity index (χ3v) is 22.4. The molecule has 0 heterocycles. The van der Waals surface area contributed by atoms with Crippen molar-refractivity contribution in [3.05, 3.63) is 328 Å². The van der Waals surface area contributed by atoms with Crippen LogP contribution in [0, 0.1) is 23.7 Å². The van der Waals surface area contributed by atoms with Crippen molar-refractivity contribution in [1.29, 1.82) is 0 Å². The van der Waals surface area contributed by atoms with Crippen molar-refractivity contribution in [2.45, 2.75) is 69.7 Å². The van der Waals surface area contributed by atoms with Gasteiger partial charge in [0.1, 0.15) is 0 Å². The van der Waals surface area contributed by atoms with E-state index in [1.165, 1.54) is 92.4 Å². The summed E-state index contributed by atoms with van der Waals surface area (Å²) in [6.07, 6.45) is 20.8. The van der Waals surface area contributed by atoms with E-state index in [4.69, 9.17) is 0 Å². The summed E-state index contributed by atoms with van der Waals surface area (Å²) in [6.45, 7) is 0. The SMILES string of the molecule is C1=CC2C(C=C1)C([Si](c1cc(Cc3ccccc3)cc(Cc3ccccc3)c1)(c1cc(Cc3ccccc3)cc(Cc3ccccc3)c1)c1cc(Cc3ccccc3)cc(Cc3ccccc3)c1)C1CCCCC21. The van der Waals surface area contributed by atoms with Crippen LogP contribution in [0.3, 0.4) is 0 Å². The van der Waals surface area contributed by atoms with Gasteiger partial charge in [-0.3, -0.25) is 0 Å². The molecule has 5 unspecified atom stereocenters. The van der Waals surface area contributed by atoms with E-state index in [0.29, 0.717) is 29.2 Å². The summed E-state index contributed by atoms with van der Waals surface area (Å²) in [5.74, 6) is 2.22. The van der Waals surface area contributed by atoms with Gasteiger partial charge in [0.25, 0.3) is 0 Å². The van der Waals surface area contributed by atoms with Gasteiger partial charge in [0.2, 0.25) is 0 Å². The highest BCUT2D eigenvalue weighted by Gasteiger charge is 2.60. The molecule has 0 spiro atoms. The van der Waals surface area contributed by atoms with E-state index in [-0.39, 0.29) is 0 Å². The molecular weight excluding hydrogens is 905 g/mol. The quantitative estimate of drug-likeness (QED) is 0.0669. The minimum absolute atomic E-state index is 0.431. The Morgan fingerprint density at radius 2 is 0.527 bits per heavy atom. The molecule has 0 N–H and O–H groups in total. The predicted molar refractivity (Wildman–Crippen MR) is 314 cm³/mol. The number of benzene rings is 9. The molecule has 0 radical (unpaired) electrons. The molecule has 2 saturated carbocycles. The van der Waals surface area contributed by atoms with Crippen LogP contribution in [0.25, 0.3) is 0 Å². The third kappa shape index (κ3) is 10.4. The van der Waals surface area contributed by atoms with Crippen LogP contribution in [-0.4, -0.2) is 8.07 Å². The van der Waals surface area contributed by atoms with Gasteiger partial charge in [0, 0.05) is 0 Å². The second kappa shape index (κ2) is 22.0. The Labute approximate surface area is 442 Å². The van der Waals surface area contributed by atoms with Crippen molar-refractivity contribution in [1.82, 2.24) is 0 Å². The summed E-state index contributed by atoms with van der Waals surface area (Å²) >= 11 is 0. The van der Waals surface area contributed by atoms with Crippen LogP contribution in [0.1, 0.15) is 92.4 Å². The molecule has 5 atom stereocenters. The standard InChI is InChI=1S/C73H68Si/c1-7-23-54(24-8-1)39-60-45-61(40-55-25-9-2-10-26-55)49-66(48-60)74(73-71-37-21-19-35-69(71)70-36-20-22-38-72(70)73,67-50-62(41-56-27-11-3-12-28-56)46-63(51-67)42-57-29-13-4-14-30-57)68-52-64(43-58-31-15-5-16-32-58)47-65(53-68)44-59-33-17-6-18-34-59/h1-19,21,23-35,37,45-53,69-73H,20,22,36,38-44H2. The summed E-state index contributed by atoms with van der Waals surface area (Å²) in [6, 6.07) is 91.7. The highest BCUT2D eigenvalue weighted by molar-refractivity contribution is 7.12. The van der Waals surface area contributed by atoms with E-state index in [1.54, 1.807) is 15.6 Å². The van der Waals surface area contributed by atoms with E-state index in [9.17, 15) is 0 Å². The largest absolute Gasteiger partial charge is 0.152 e. The fourth-order valence-electron chi connectivity index (χ4n) is 14.1. The predicted octanol–water partition coefficient (Wildman–Crippen LogP) is 15.3. The lowest BCUT2D eigenvalue weighted by Gasteiger charge is -2.46. The fourth-order valence-corrected chi connectivity index (χ4v) is 20.7. The minimum atomic E-state index is -3.18. The maximum Gasteiger partial charge on any atom is 0.152 e. The summed E-state index contributed by atoms with van der Waals surface area (Å²) in [5, 5.41) is 4.75. The molecular formula is C73H68Si. The molecule has 0 saturated heterocycles. The lowest BCUT2D eigenvalue weighted by Crippen LogP contribution is -2.72. The molecule has 3 aliphatic rings. The van der Waals surface area contributed by atoms with Crippen LogP contribution in [0.5, 0.6) is 0 Å². The van der Waals surface area contributed by atoms with Crippen LogP contribution in [0.15, 0.2) is 261 Å². The summed E-state index contributed by atoms with van der Waals surface area (Å²) < 4.78 is 0. The first kappa shape index (κ1) is 47.7. The summed E-state index contributed by atoms with van der Waals surface area (Å²) in [7, 11) is -3.18. The van der Waals surface area contributed by atoms with Gasteiger partial charge in [-0.1, -0.05) is 280 Å². The zero-order chi connectivity index (χ0) is 49.5. The molecule has 3 aliphatic carbocycles. The maximum atomic E-state index is 2.75. The van der Waals surface area contributed by atoms with Crippen molar-refractivity contribution in [2.24, 2.45) is 23.7 Å². The molecule has 74 heavy (non-hydrogen) atoms. The van der Waals surface area contributed by atoms with Crippen molar-refractivity contribution >= 4 is 23.6 Å². The highest BCUT2D eigenvalue weighted by atomic mass is 28.3. The molecule has 2 fully saturated rings. The Balaban J connectivity index is 1.20. The Kier molecular flexibility index (Phi) is 14.2. The lowest BCUT2D eigenvalue weighted by molar-refractivity contribution is 0.247. The fraction of sp³-hybridized carbons (Fsp3) is 0.205. The maximum absolute atomic E-state index is 3.18. The Morgan fingerprint density at radius 3 is 0.811 bits per heavy atom. The zero-order valence-corrected chi connectivity index (χ0v) is 43.8. The zero-order valence-electron chi connectivity index (χ0n) is 42.8. The van der Waals surface area contributed by atoms with Crippen LogP contribution in [0.4, 0.5) is 0 Å². The monoisotopic (exact) mass is 973 g/mol. The molecule has 364 valence electrons. The van der Waals surface area contributed by atoms with Gasteiger partial charge in [0.15, 0.2) is 8.07 Å². The Bertz CT molecular complexity index is 2850. The first-order valence-electron chi connectivity index (χ1n) is 27.6. The highest BCUT2D eigenvalue weighted by Crippen LogP contribution is 2.60. The lowest BCUT2D eigenvalue weighted by atomic mass is 9.77. The number of fused-ring (bicyclic) bond motifs is 3. The topological polar surface area (TPSA) is 0 Å². The molecule has 9 aromatic carbocycles. The molecule has 0 aromatic heterocycles. The number of hydrogen-bond donors (Lipinski definition) is 0. The number of rotatable bonds is 16. The third-order valence-electron chi connectivity index (χ3n) is 17.0. The van der Waals surface area contributed by atoms with Crippen molar-refractivity contribution in [2.75, 3.05) is 0 Å². The molecule has 1 heteroatoms. The van der Waals surface area contributed by atoms with E-state index >= 15 is 0 Å². The molecule has 9 aromatic rings. The van der Waals surface area contributed by atoms with Gasteiger partial charge in [-0.05, 0) is 156 Å². The van der Waals surface area contributed by atoms with Crippen LogP contribution >= 0.6 is 0 Å². The van der Waals surface area contributed by atoms with Crippen LogP contribution < -0.4 is 15.6 Å². The van der Waals surface area contributed by atoms with E-state index in [0.717, 1.165) is 38.5 Å². The first-order chi connectivity index (χ1) is 36.6. The number of allylic oxidation sites excluding steroid dienone is 4. The van der Waals surface area contributed by atoms with Gasteiger partial charge in [-0.15, -0.1) is 0 Å². The molecule has 0 nitrogen and oxygen atoms in total. The van der Waals surface area contributed by atoms with Crippen molar-refractivity contribution in [3.8, 4) is 0 Å². The van der Waals surface area contributed by atoms with Gasteiger partial charge in [-0.25, -0.2) is 0 Å². The van der Waals surface area contributed by atoms with Gasteiger partial charge in [0.05, 0.1) is 0 Å². The van der Waals surface area contributed by atoms with Crippen LogP contribution in [-0.2, 0) is 38.5 Å². The van der Waals surface area contributed by atoms with E-state index in [1.807, 2.05) is 0 Å². The molecule has 12 rings (SSSR count). The minimum Gasteiger partial charge on any atom is -0.0808 e. The van der Waals surface area contributed by atoms with E-state index < -0.39 is 8.07 Å². The van der Waals surface area contributed by atoms with Crippen molar-refractivity contribution < 1.29 is 0 Å². The Morgan fingerprint density at radius 1 is 0.270 bits per heavy atom. The molecule has 0 amide bonds. The second-order valence-corrected chi connectivity index (χ2v) is 26.0. The van der Waals surface area contributed by atoms with E-state index in [2.05, 4.69) is 261 Å². The summed E-state index contributed by atoms with van der Waals surface area (Å²) in [5.41, 5.74) is 17.1.